The standard InChI is InChI=1S/C19H26N4O3S3/c1-2-27-19-22-21-18(28-19)20-17(24)12-9-15-7-10-16(11-8-15)29(25,26)23-13-5-3-4-6-14-23/h7-8,10-11H,2-6,9,12-14H2,1H3,(H,20,21,24). The molecule has 1 amide bonds. The average Bonchev–Trinajstić information content (AvgIpc) is 2.96. The van der Waals surface area contributed by atoms with Gasteiger partial charge in [-0.15, -0.1) is 10.2 Å². The first-order chi connectivity index (χ1) is 14.0. The first kappa shape index (κ1) is 22.2. The zero-order valence-corrected chi connectivity index (χ0v) is 18.9. The summed E-state index contributed by atoms with van der Waals surface area (Å²) in [6.45, 7) is 3.22. The third-order valence-electron chi connectivity index (χ3n) is 4.69. The topological polar surface area (TPSA) is 92.3 Å². The Morgan fingerprint density at radius 1 is 1.14 bits per heavy atom. The average molecular weight is 455 g/mol. The quantitative estimate of drug-likeness (QED) is 0.482. The lowest BCUT2D eigenvalue weighted by Gasteiger charge is -2.20. The number of thioether (sulfide) groups is 1. The highest BCUT2D eigenvalue weighted by molar-refractivity contribution is 8.01. The van der Waals surface area contributed by atoms with Crippen molar-refractivity contribution in [1.29, 1.82) is 0 Å². The van der Waals surface area contributed by atoms with Gasteiger partial charge in [0, 0.05) is 19.5 Å². The molecule has 1 aromatic carbocycles. The van der Waals surface area contributed by atoms with Crippen LogP contribution < -0.4 is 5.32 Å². The van der Waals surface area contributed by atoms with Gasteiger partial charge in [-0.2, -0.15) is 4.31 Å². The fourth-order valence-electron chi connectivity index (χ4n) is 3.14. The number of hydrogen-bond donors (Lipinski definition) is 1. The van der Waals surface area contributed by atoms with Gasteiger partial charge in [0.25, 0.3) is 0 Å². The summed E-state index contributed by atoms with van der Waals surface area (Å²) in [6, 6.07) is 6.87. The summed E-state index contributed by atoms with van der Waals surface area (Å²) in [5.41, 5.74) is 0.925. The lowest BCUT2D eigenvalue weighted by Crippen LogP contribution is -2.31. The van der Waals surface area contributed by atoms with Gasteiger partial charge >= 0.3 is 0 Å². The van der Waals surface area contributed by atoms with Crippen molar-refractivity contribution in [2.75, 3.05) is 24.2 Å². The normalized spacial score (nSPS) is 15.8. The van der Waals surface area contributed by atoms with E-state index in [-0.39, 0.29) is 5.91 Å². The van der Waals surface area contributed by atoms with Crippen LogP contribution in [0.1, 0.15) is 44.6 Å². The fraction of sp³-hybridized carbons (Fsp3) is 0.526. The van der Waals surface area contributed by atoms with Crippen LogP contribution >= 0.6 is 23.1 Å². The Hall–Kier alpha value is -1.49. The Labute approximate surface area is 180 Å². The number of rotatable bonds is 8. The van der Waals surface area contributed by atoms with Gasteiger partial charge in [-0.1, -0.05) is 55.0 Å². The van der Waals surface area contributed by atoms with Crippen molar-refractivity contribution in [2.24, 2.45) is 0 Å². The second-order valence-corrected chi connectivity index (χ2v) is 11.2. The monoisotopic (exact) mass is 454 g/mol. The molecule has 3 rings (SSSR count). The molecule has 0 radical (unpaired) electrons. The lowest BCUT2D eigenvalue weighted by molar-refractivity contribution is -0.116. The van der Waals surface area contributed by atoms with Crippen LogP contribution in [-0.2, 0) is 21.2 Å². The number of anilines is 1. The van der Waals surface area contributed by atoms with Crippen LogP contribution in [0.25, 0.3) is 0 Å². The summed E-state index contributed by atoms with van der Waals surface area (Å²) >= 11 is 2.95. The summed E-state index contributed by atoms with van der Waals surface area (Å²) in [6.07, 6.45) is 4.84. The highest BCUT2D eigenvalue weighted by Crippen LogP contribution is 2.25. The third-order valence-corrected chi connectivity index (χ3v) is 8.45. The molecule has 0 atom stereocenters. The number of aryl methyl sites for hydroxylation is 1. The summed E-state index contributed by atoms with van der Waals surface area (Å²) in [5, 5.41) is 11.2. The van der Waals surface area contributed by atoms with Crippen LogP contribution in [-0.4, -0.2) is 47.7 Å². The molecule has 29 heavy (non-hydrogen) atoms. The number of amides is 1. The van der Waals surface area contributed by atoms with E-state index in [1.165, 1.54) is 11.3 Å². The van der Waals surface area contributed by atoms with E-state index in [0.717, 1.165) is 41.3 Å². The van der Waals surface area contributed by atoms with E-state index >= 15 is 0 Å². The van der Waals surface area contributed by atoms with Crippen molar-refractivity contribution in [3.63, 3.8) is 0 Å². The molecule has 0 spiro atoms. The maximum atomic E-state index is 12.8. The molecule has 1 N–H and O–H groups in total. The van der Waals surface area contributed by atoms with Crippen LogP contribution in [0.15, 0.2) is 33.5 Å². The number of nitrogens with one attached hydrogen (secondary N) is 1. The van der Waals surface area contributed by atoms with E-state index in [1.807, 2.05) is 6.92 Å². The minimum atomic E-state index is -3.44. The minimum Gasteiger partial charge on any atom is -0.300 e. The zero-order chi connectivity index (χ0) is 20.7. The SMILES string of the molecule is CCSc1nnc(NC(=O)CCc2ccc(S(=O)(=O)N3CCCCCC3)cc2)s1. The van der Waals surface area contributed by atoms with Crippen LogP contribution in [0, 0.1) is 0 Å². The smallest absolute Gasteiger partial charge is 0.243 e. The van der Waals surface area contributed by atoms with Gasteiger partial charge in [-0.25, -0.2) is 8.42 Å². The van der Waals surface area contributed by atoms with Gasteiger partial charge in [0.15, 0.2) is 4.34 Å². The molecule has 158 valence electrons. The molecule has 0 bridgehead atoms. The lowest BCUT2D eigenvalue weighted by atomic mass is 10.1. The molecule has 0 aliphatic carbocycles. The largest absolute Gasteiger partial charge is 0.300 e. The molecule has 1 aromatic heterocycles. The summed E-state index contributed by atoms with van der Waals surface area (Å²) < 4.78 is 28.1. The van der Waals surface area contributed by atoms with Crippen molar-refractivity contribution >= 4 is 44.2 Å². The molecule has 2 heterocycles. The highest BCUT2D eigenvalue weighted by atomic mass is 32.2. The molecule has 7 nitrogen and oxygen atoms in total. The van der Waals surface area contributed by atoms with E-state index in [4.69, 9.17) is 0 Å². The Balaban J connectivity index is 1.53. The first-order valence-corrected chi connectivity index (χ1v) is 13.1. The number of hydrogen-bond acceptors (Lipinski definition) is 7. The van der Waals surface area contributed by atoms with Gasteiger partial charge in [-0.05, 0) is 42.7 Å². The number of benzene rings is 1. The van der Waals surface area contributed by atoms with E-state index in [0.29, 0.717) is 36.0 Å². The Morgan fingerprint density at radius 3 is 2.48 bits per heavy atom. The molecule has 0 saturated carbocycles. The van der Waals surface area contributed by atoms with E-state index in [1.54, 1.807) is 40.3 Å². The Kier molecular flexibility index (Phi) is 8.05. The van der Waals surface area contributed by atoms with Crippen LogP contribution in [0.3, 0.4) is 0 Å². The first-order valence-electron chi connectivity index (χ1n) is 9.84. The van der Waals surface area contributed by atoms with Crippen molar-refractivity contribution in [1.82, 2.24) is 14.5 Å². The maximum Gasteiger partial charge on any atom is 0.243 e. The second kappa shape index (κ2) is 10.5. The van der Waals surface area contributed by atoms with Crippen molar-refractivity contribution in [2.45, 2.75) is 54.7 Å². The molecule has 1 saturated heterocycles. The van der Waals surface area contributed by atoms with Crippen LogP contribution in [0.5, 0.6) is 0 Å². The summed E-state index contributed by atoms with van der Waals surface area (Å²) in [7, 11) is -3.44. The molecule has 1 aliphatic rings. The fourth-order valence-corrected chi connectivity index (χ4v) is 6.32. The third kappa shape index (κ3) is 6.24. The molecule has 0 unspecified atom stereocenters. The van der Waals surface area contributed by atoms with E-state index in [9.17, 15) is 13.2 Å². The molecular formula is C19H26N4O3S3. The molecule has 10 heteroatoms. The maximum absolute atomic E-state index is 12.8. The number of carbonyl (C=O) groups is 1. The summed E-state index contributed by atoms with van der Waals surface area (Å²) in [4.78, 5) is 12.5. The number of aromatic nitrogens is 2. The molecule has 2 aromatic rings. The second-order valence-electron chi connectivity index (χ2n) is 6.82. The Bertz CT molecular complexity index is 905. The van der Waals surface area contributed by atoms with Crippen molar-refractivity contribution in [3.8, 4) is 0 Å². The van der Waals surface area contributed by atoms with Crippen LogP contribution in [0.4, 0.5) is 5.13 Å². The zero-order valence-electron chi connectivity index (χ0n) is 16.5. The molecule has 1 aliphatic heterocycles. The van der Waals surface area contributed by atoms with E-state index in [2.05, 4.69) is 15.5 Å². The van der Waals surface area contributed by atoms with Gasteiger partial charge < -0.3 is 5.32 Å². The summed E-state index contributed by atoms with van der Waals surface area (Å²) in [5.74, 6) is 0.780. The molecule has 1 fully saturated rings. The number of nitrogens with zero attached hydrogens (tertiary/aromatic N) is 3. The number of carbonyl (C=O) groups excluding carboxylic acids is 1. The van der Waals surface area contributed by atoms with Crippen LogP contribution in [0.2, 0.25) is 0 Å². The van der Waals surface area contributed by atoms with Gasteiger partial charge in [-0.3, -0.25) is 4.79 Å². The molecular weight excluding hydrogens is 428 g/mol. The van der Waals surface area contributed by atoms with Gasteiger partial charge in [0.1, 0.15) is 0 Å². The number of sulfonamides is 1. The van der Waals surface area contributed by atoms with Gasteiger partial charge in [0.05, 0.1) is 4.90 Å². The van der Waals surface area contributed by atoms with Crippen molar-refractivity contribution < 1.29 is 13.2 Å². The van der Waals surface area contributed by atoms with Crippen molar-refractivity contribution in [3.05, 3.63) is 29.8 Å². The highest BCUT2D eigenvalue weighted by Gasteiger charge is 2.24. The Morgan fingerprint density at radius 2 is 1.83 bits per heavy atom. The van der Waals surface area contributed by atoms with Gasteiger partial charge in [0.2, 0.25) is 21.1 Å². The predicted molar refractivity (Wildman–Crippen MR) is 117 cm³/mol. The predicted octanol–water partition coefficient (Wildman–Crippen LogP) is 3.79. The van der Waals surface area contributed by atoms with E-state index < -0.39 is 10.0 Å². The minimum absolute atomic E-state index is 0.129.